The number of thiazole rings is 1. The molecule has 5 nitrogen and oxygen atoms in total. The molecule has 2 heterocycles. The molecule has 0 aliphatic carbocycles. The Morgan fingerprint density at radius 3 is 2.88 bits per heavy atom. The Hall–Kier alpha value is -1.69. The Morgan fingerprint density at radius 2 is 2.24 bits per heavy atom. The minimum absolute atomic E-state index is 0.540. The van der Waals surface area contributed by atoms with Gasteiger partial charge in [0.05, 0.1) is 6.54 Å². The lowest BCUT2D eigenvalue weighted by molar-refractivity contribution is 0.927. The molecular formula is C11H15N5S. The fourth-order valence-corrected chi connectivity index (χ4v) is 1.97. The summed E-state index contributed by atoms with van der Waals surface area (Å²) in [5, 5.41) is 6.23. The number of anilines is 2. The van der Waals surface area contributed by atoms with Crippen LogP contribution in [0.25, 0.3) is 0 Å². The minimum Gasteiger partial charge on any atom is -0.383 e. The lowest BCUT2D eigenvalue weighted by atomic mass is 10.3. The van der Waals surface area contributed by atoms with Crippen molar-refractivity contribution in [2.24, 2.45) is 0 Å². The van der Waals surface area contributed by atoms with E-state index in [1.807, 2.05) is 19.2 Å². The highest BCUT2D eigenvalue weighted by molar-refractivity contribution is 7.09. The van der Waals surface area contributed by atoms with Gasteiger partial charge in [-0.3, -0.25) is 0 Å². The Kier molecular flexibility index (Phi) is 3.53. The van der Waals surface area contributed by atoms with Gasteiger partial charge in [0, 0.05) is 23.6 Å². The molecule has 0 aromatic carbocycles. The van der Waals surface area contributed by atoms with Crippen molar-refractivity contribution in [2.45, 2.75) is 26.8 Å². The highest BCUT2D eigenvalue weighted by atomic mass is 32.1. The van der Waals surface area contributed by atoms with Crippen LogP contribution in [-0.2, 0) is 13.0 Å². The topological polar surface area (TPSA) is 76.7 Å². The molecule has 0 saturated carbocycles. The van der Waals surface area contributed by atoms with Crippen LogP contribution in [0.3, 0.4) is 0 Å². The molecular weight excluding hydrogens is 234 g/mol. The summed E-state index contributed by atoms with van der Waals surface area (Å²) in [6.45, 7) is 4.59. The van der Waals surface area contributed by atoms with E-state index in [1.54, 1.807) is 17.5 Å². The Labute approximate surface area is 104 Å². The molecule has 2 aromatic heterocycles. The van der Waals surface area contributed by atoms with Gasteiger partial charge in [-0.15, -0.1) is 11.3 Å². The molecule has 0 aliphatic rings. The zero-order chi connectivity index (χ0) is 12.3. The molecule has 0 atom stereocenters. The van der Waals surface area contributed by atoms with Crippen LogP contribution in [0.15, 0.2) is 11.6 Å². The van der Waals surface area contributed by atoms with Crippen LogP contribution in [0.5, 0.6) is 0 Å². The molecule has 0 spiro atoms. The standard InChI is InChI=1S/C11H15N5S/c1-3-8-15-10(12)7(2)11(16-8)14-6-9-13-4-5-17-9/h4-5H,3,6H2,1-2H3,(H3,12,14,15,16). The monoisotopic (exact) mass is 249 g/mol. The van der Waals surface area contributed by atoms with Crippen molar-refractivity contribution < 1.29 is 0 Å². The summed E-state index contributed by atoms with van der Waals surface area (Å²) < 4.78 is 0. The molecule has 0 saturated heterocycles. The molecule has 90 valence electrons. The molecule has 17 heavy (non-hydrogen) atoms. The summed E-state index contributed by atoms with van der Waals surface area (Å²) in [6, 6.07) is 0. The Morgan fingerprint density at radius 1 is 1.41 bits per heavy atom. The number of hydrogen-bond donors (Lipinski definition) is 2. The van der Waals surface area contributed by atoms with Gasteiger partial charge >= 0.3 is 0 Å². The Balaban J connectivity index is 2.17. The van der Waals surface area contributed by atoms with Crippen molar-refractivity contribution in [3.05, 3.63) is 28.0 Å². The fourth-order valence-electron chi connectivity index (χ4n) is 1.41. The first-order valence-corrected chi connectivity index (χ1v) is 6.34. The number of aryl methyl sites for hydroxylation is 1. The summed E-state index contributed by atoms with van der Waals surface area (Å²) in [5.74, 6) is 2.10. The van der Waals surface area contributed by atoms with E-state index in [4.69, 9.17) is 5.73 Å². The SMILES string of the molecule is CCc1nc(N)c(C)c(NCc2nccs2)n1. The van der Waals surface area contributed by atoms with E-state index in [0.29, 0.717) is 12.4 Å². The number of hydrogen-bond acceptors (Lipinski definition) is 6. The van der Waals surface area contributed by atoms with Crippen LogP contribution in [-0.4, -0.2) is 15.0 Å². The lowest BCUT2D eigenvalue weighted by Crippen LogP contribution is -2.09. The summed E-state index contributed by atoms with van der Waals surface area (Å²) in [7, 11) is 0. The number of nitrogens with one attached hydrogen (secondary N) is 1. The summed E-state index contributed by atoms with van der Waals surface area (Å²) in [4.78, 5) is 12.8. The number of nitrogens with zero attached hydrogens (tertiary/aromatic N) is 3. The highest BCUT2D eigenvalue weighted by Crippen LogP contribution is 2.18. The number of nitrogen functional groups attached to an aromatic ring is 1. The molecule has 0 unspecified atom stereocenters. The van der Waals surface area contributed by atoms with Crippen molar-refractivity contribution >= 4 is 23.0 Å². The number of rotatable bonds is 4. The molecule has 0 radical (unpaired) electrons. The van der Waals surface area contributed by atoms with Crippen molar-refractivity contribution in [3.8, 4) is 0 Å². The van der Waals surface area contributed by atoms with Gasteiger partial charge in [0.25, 0.3) is 0 Å². The second kappa shape index (κ2) is 5.09. The van der Waals surface area contributed by atoms with Gasteiger partial charge < -0.3 is 11.1 Å². The third-order valence-corrected chi connectivity index (χ3v) is 3.22. The summed E-state index contributed by atoms with van der Waals surface area (Å²) in [5.41, 5.74) is 6.73. The second-order valence-electron chi connectivity index (χ2n) is 3.63. The van der Waals surface area contributed by atoms with E-state index in [9.17, 15) is 0 Å². The Bertz CT molecular complexity index is 495. The van der Waals surface area contributed by atoms with Crippen LogP contribution >= 0.6 is 11.3 Å². The van der Waals surface area contributed by atoms with Crippen LogP contribution in [0.1, 0.15) is 23.3 Å². The van der Waals surface area contributed by atoms with Crippen LogP contribution in [0.2, 0.25) is 0 Å². The van der Waals surface area contributed by atoms with Crippen LogP contribution in [0.4, 0.5) is 11.6 Å². The lowest BCUT2D eigenvalue weighted by Gasteiger charge is -2.10. The fraction of sp³-hybridized carbons (Fsp3) is 0.364. The quantitative estimate of drug-likeness (QED) is 0.866. The first kappa shape index (κ1) is 11.8. The molecule has 3 N–H and O–H groups in total. The highest BCUT2D eigenvalue weighted by Gasteiger charge is 2.07. The van der Waals surface area contributed by atoms with Crippen LogP contribution in [0, 0.1) is 6.92 Å². The van der Waals surface area contributed by atoms with Crippen molar-refractivity contribution in [1.82, 2.24) is 15.0 Å². The zero-order valence-corrected chi connectivity index (χ0v) is 10.7. The van der Waals surface area contributed by atoms with Crippen molar-refractivity contribution in [2.75, 3.05) is 11.1 Å². The van der Waals surface area contributed by atoms with Gasteiger partial charge in [-0.2, -0.15) is 0 Å². The van der Waals surface area contributed by atoms with Gasteiger partial charge in [-0.05, 0) is 6.92 Å². The average Bonchev–Trinajstić information content (AvgIpc) is 2.84. The van der Waals surface area contributed by atoms with E-state index in [-0.39, 0.29) is 0 Å². The largest absolute Gasteiger partial charge is 0.383 e. The van der Waals surface area contributed by atoms with Gasteiger partial charge in [0.2, 0.25) is 0 Å². The third-order valence-electron chi connectivity index (χ3n) is 2.44. The molecule has 0 aliphatic heterocycles. The maximum atomic E-state index is 5.84. The van der Waals surface area contributed by atoms with Gasteiger partial charge in [0.1, 0.15) is 22.5 Å². The first-order valence-electron chi connectivity index (χ1n) is 5.46. The molecule has 2 aromatic rings. The van der Waals surface area contributed by atoms with Crippen LogP contribution < -0.4 is 11.1 Å². The maximum absolute atomic E-state index is 5.84. The first-order chi connectivity index (χ1) is 8.20. The molecule has 0 fully saturated rings. The van der Waals surface area contributed by atoms with E-state index in [0.717, 1.165) is 28.6 Å². The van der Waals surface area contributed by atoms with E-state index < -0.39 is 0 Å². The second-order valence-corrected chi connectivity index (χ2v) is 4.61. The van der Waals surface area contributed by atoms with Gasteiger partial charge in [0.15, 0.2) is 0 Å². The normalized spacial score (nSPS) is 10.5. The van der Waals surface area contributed by atoms with Gasteiger partial charge in [-0.1, -0.05) is 6.92 Å². The van der Waals surface area contributed by atoms with E-state index in [2.05, 4.69) is 20.3 Å². The molecule has 0 amide bonds. The third kappa shape index (κ3) is 2.71. The number of nitrogens with two attached hydrogens (primary N) is 1. The summed E-state index contributed by atoms with van der Waals surface area (Å²) >= 11 is 1.61. The average molecular weight is 249 g/mol. The zero-order valence-electron chi connectivity index (χ0n) is 9.90. The maximum Gasteiger partial charge on any atom is 0.135 e. The minimum atomic E-state index is 0.540. The van der Waals surface area contributed by atoms with Gasteiger partial charge in [-0.25, -0.2) is 15.0 Å². The van der Waals surface area contributed by atoms with Crippen molar-refractivity contribution in [1.29, 1.82) is 0 Å². The number of aromatic nitrogens is 3. The predicted molar refractivity (Wildman–Crippen MR) is 70.0 cm³/mol. The summed E-state index contributed by atoms with van der Waals surface area (Å²) in [6.07, 6.45) is 2.57. The molecule has 0 bridgehead atoms. The van der Waals surface area contributed by atoms with Crippen molar-refractivity contribution in [3.63, 3.8) is 0 Å². The molecule has 2 rings (SSSR count). The van der Waals surface area contributed by atoms with E-state index in [1.165, 1.54) is 0 Å². The molecule has 6 heteroatoms. The smallest absolute Gasteiger partial charge is 0.135 e. The predicted octanol–water partition coefficient (Wildman–Crippen LogP) is 2.00. The van der Waals surface area contributed by atoms with E-state index >= 15 is 0 Å².